The van der Waals surface area contributed by atoms with Crippen molar-refractivity contribution >= 4 is 69.7 Å². The zero-order valence-corrected chi connectivity index (χ0v) is 33.4. The molecule has 0 spiro atoms. The first-order valence-corrected chi connectivity index (χ1v) is 21.3. The number of nitrogens with zero attached hydrogens (tertiary/aromatic N) is 2. The van der Waals surface area contributed by atoms with E-state index in [4.69, 9.17) is 9.97 Å². The largest absolute Gasteiger partial charge is 0.252 e. The quantitative estimate of drug-likeness (QED) is 0.167. The molecule has 0 bridgehead atoms. The summed E-state index contributed by atoms with van der Waals surface area (Å²) in [4.78, 5) is 10.4. The average Bonchev–Trinajstić information content (AvgIpc) is 3.78. The molecule has 2 nitrogen and oxygen atoms in total. The third-order valence-corrected chi connectivity index (χ3v) is 14.6. The zero-order valence-electron chi connectivity index (χ0n) is 32.5. The van der Waals surface area contributed by atoms with Gasteiger partial charge >= 0.3 is 0 Å². The number of allylic oxidation sites excluding steroid dienone is 8. The molecule has 7 aromatic carbocycles. The van der Waals surface area contributed by atoms with Crippen LogP contribution in [-0.2, 0) is 5.41 Å². The van der Waals surface area contributed by atoms with E-state index in [0.29, 0.717) is 11.8 Å². The molecular formula is C55H40N2S. The van der Waals surface area contributed by atoms with Gasteiger partial charge < -0.3 is 0 Å². The SMILES string of the molecule is CC1(C)c2cc(-c3cnc4c5ccccc5c5ccccc5c4n3)ccc2C2C=CC(C3=CC=C(c4cccc(-c5cccc6c5sc5ccccc56)c4)CC3)=CC21. The van der Waals surface area contributed by atoms with Crippen molar-refractivity contribution in [2.75, 3.05) is 0 Å². The lowest BCUT2D eigenvalue weighted by Gasteiger charge is -2.31. The molecule has 2 aromatic heterocycles. The van der Waals surface area contributed by atoms with Gasteiger partial charge in [-0.05, 0) is 97.7 Å². The molecule has 0 saturated heterocycles. The summed E-state index contributed by atoms with van der Waals surface area (Å²) in [6, 6.07) is 48.9. The third kappa shape index (κ3) is 5.09. The first-order valence-electron chi connectivity index (χ1n) is 20.5. The number of thiophene rings is 1. The molecule has 0 N–H and O–H groups in total. The minimum Gasteiger partial charge on any atom is -0.252 e. The summed E-state index contributed by atoms with van der Waals surface area (Å²) in [6.07, 6.45) is 16.2. The zero-order chi connectivity index (χ0) is 38.5. The molecular weight excluding hydrogens is 721 g/mol. The minimum atomic E-state index is -0.0346. The van der Waals surface area contributed by atoms with Gasteiger partial charge in [-0.25, -0.2) is 4.98 Å². The lowest BCUT2D eigenvalue weighted by atomic mass is 9.72. The molecule has 0 aliphatic heterocycles. The molecule has 0 saturated carbocycles. The van der Waals surface area contributed by atoms with Crippen LogP contribution in [0.25, 0.3) is 80.7 Å². The number of aromatic nitrogens is 2. The standard InChI is InChI=1S/C55H40N2S/c1-55(2)48-30-36(34-23-21-33(22-24-34)35-11-9-12-37(29-35)39-18-10-19-47-44-15-7-8-20-51(44)58-54(39)47)25-27-42(48)43-28-26-38(31-49(43)55)50-32-56-52-45-16-5-3-13-40(45)41-14-4-6-17-46(41)53(52)57-50/h3-21,23,25-32,42,48H,22,24H2,1-2H3. The number of rotatable bonds is 4. The van der Waals surface area contributed by atoms with Gasteiger partial charge in [0.1, 0.15) is 0 Å². The maximum atomic E-state index is 5.33. The van der Waals surface area contributed by atoms with Gasteiger partial charge in [-0.3, -0.25) is 4.98 Å². The molecule has 0 radical (unpaired) electrons. The van der Waals surface area contributed by atoms with Crippen LogP contribution >= 0.6 is 11.3 Å². The van der Waals surface area contributed by atoms with E-state index in [0.717, 1.165) is 45.9 Å². The second-order valence-corrected chi connectivity index (χ2v) is 17.9. The molecule has 9 aromatic rings. The molecule has 2 atom stereocenters. The Labute approximate surface area is 342 Å². The second-order valence-electron chi connectivity index (χ2n) is 16.8. The van der Waals surface area contributed by atoms with E-state index in [-0.39, 0.29) is 5.41 Å². The Morgan fingerprint density at radius 2 is 1.29 bits per heavy atom. The van der Waals surface area contributed by atoms with E-state index in [1.54, 1.807) is 0 Å². The highest BCUT2D eigenvalue weighted by molar-refractivity contribution is 7.26. The van der Waals surface area contributed by atoms with Crippen LogP contribution < -0.4 is 0 Å². The molecule has 3 aliphatic rings. The fraction of sp³-hybridized carbons (Fsp3) is 0.127. The fourth-order valence-corrected chi connectivity index (χ4v) is 11.6. The number of fused-ring (bicyclic) bond motifs is 12. The average molecular weight is 761 g/mol. The Kier molecular flexibility index (Phi) is 7.43. The van der Waals surface area contributed by atoms with Gasteiger partial charge in [-0.2, -0.15) is 0 Å². The molecule has 12 rings (SSSR count). The topological polar surface area (TPSA) is 25.8 Å². The van der Waals surface area contributed by atoms with Gasteiger partial charge in [0.15, 0.2) is 0 Å². The van der Waals surface area contributed by atoms with Crippen LogP contribution in [0.2, 0.25) is 0 Å². The minimum absolute atomic E-state index is 0.0346. The molecule has 58 heavy (non-hydrogen) atoms. The maximum absolute atomic E-state index is 5.33. The monoisotopic (exact) mass is 760 g/mol. The van der Waals surface area contributed by atoms with E-state index in [2.05, 4.69) is 178 Å². The van der Waals surface area contributed by atoms with Crippen LogP contribution in [0.1, 0.15) is 49.3 Å². The summed E-state index contributed by atoms with van der Waals surface area (Å²) in [5, 5.41) is 7.43. The van der Waals surface area contributed by atoms with Crippen molar-refractivity contribution in [1.82, 2.24) is 9.97 Å². The van der Waals surface area contributed by atoms with E-state index < -0.39 is 0 Å². The van der Waals surface area contributed by atoms with Crippen LogP contribution in [0.4, 0.5) is 0 Å². The van der Waals surface area contributed by atoms with Gasteiger partial charge in [0.2, 0.25) is 0 Å². The Hall–Kier alpha value is -6.42. The molecule has 2 unspecified atom stereocenters. The smallest absolute Gasteiger partial charge is 0.0979 e. The van der Waals surface area contributed by atoms with Gasteiger partial charge in [0.25, 0.3) is 0 Å². The molecule has 2 heterocycles. The van der Waals surface area contributed by atoms with Crippen LogP contribution in [0.3, 0.4) is 0 Å². The van der Waals surface area contributed by atoms with Crippen LogP contribution in [-0.4, -0.2) is 9.97 Å². The van der Waals surface area contributed by atoms with Crippen molar-refractivity contribution in [3.8, 4) is 22.4 Å². The van der Waals surface area contributed by atoms with E-state index in [1.807, 2.05) is 17.5 Å². The first-order chi connectivity index (χ1) is 28.5. The van der Waals surface area contributed by atoms with Crippen molar-refractivity contribution in [1.29, 1.82) is 0 Å². The summed E-state index contributed by atoms with van der Waals surface area (Å²) in [5.74, 6) is 0.750. The molecule has 0 fully saturated rings. The molecule has 3 aliphatic carbocycles. The summed E-state index contributed by atoms with van der Waals surface area (Å²) in [7, 11) is 0. The Morgan fingerprint density at radius 3 is 2.10 bits per heavy atom. The van der Waals surface area contributed by atoms with Gasteiger partial charge in [-0.15, -0.1) is 11.3 Å². The van der Waals surface area contributed by atoms with Gasteiger partial charge in [0, 0.05) is 42.4 Å². The Bertz CT molecular complexity index is 3300. The summed E-state index contributed by atoms with van der Waals surface area (Å²) < 4.78 is 2.72. The Balaban J connectivity index is 0.846. The highest BCUT2D eigenvalue weighted by atomic mass is 32.1. The van der Waals surface area contributed by atoms with Crippen molar-refractivity contribution in [2.24, 2.45) is 5.92 Å². The van der Waals surface area contributed by atoms with Gasteiger partial charge in [-0.1, -0.05) is 159 Å². The van der Waals surface area contributed by atoms with Crippen LogP contribution in [0.5, 0.6) is 0 Å². The third-order valence-electron chi connectivity index (χ3n) is 13.4. The molecule has 276 valence electrons. The maximum Gasteiger partial charge on any atom is 0.0979 e. The number of hydrogen-bond acceptors (Lipinski definition) is 3. The highest BCUT2D eigenvalue weighted by Crippen LogP contribution is 2.55. The normalized spacial score (nSPS) is 18.4. The summed E-state index contributed by atoms with van der Waals surface area (Å²) in [5.41, 5.74) is 14.9. The van der Waals surface area contributed by atoms with Crippen molar-refractivity contribution in [3.05, 3.63) is 198 Å². The van der Waals surface area contributed by atoms with Gasteiger partial charge in [0.05, 0.1) is 22.9 Å². The molecule has 0 amide bonds. The first kappa shape index (κ1) is 33.7. The second kappa shape index (κ2) is 12.8. The predicted octanol–water partition coefficient (Wildman–Crippen LogP) is 14.9. The lowest BCUT2D eigenvalue weighted by Crippen LogP contribution is -2.25. The number of benzene rings is 7. The summed E-state index contributed by atoms with van der Waals surface area (Å²) >= 11 is 1.90. The molecule has 3 heteroatoms. The van der Waals surface area contributed by atoms with Crippen molar-refractivity contribution in [3.63, 3.8) is 0 Å². The van der Waals surface area contributed by atoms with Crippen molar-refractivity contribution < 1.29 is 0 Å². The van der Waals surface area contributed by atoms with E-state index >= 15 is 0 Å². The summed E-state index contributed by atoms with van der Waals surface area (Å²) in [6.45, 7) is 4.86. The highest BCUT2D eigenvalue weighted by Gasteiger charge is 2.45. The lowest BCUT2D eigenvalue weighted by molar-refractivity contribution is 0.393. The van der Waals surface area contributed by atoms with Crippen LogP contribution in [0.15, 0.2) is 181 Å². The van der Waals surface area contributed by atoms with E-state index in [9.17, 15) is 0 Å². The Morgan fingerprint density at radius 1 is 0.603 bits per heavy atom. The fourth-order valence-electron chi connectivity index (χ4n) is 10.3. The predicted molar refractivity (Wildman–Crippen MR) is 247 cm³/mol. The number of hydrogen-bond donors (Lipinski definition) is 0. The van der Waals surface area contributed by atoms with E-state index in [1.165, 1.54) is 75.5 Å². The van der Waals surface area contributed by atoms with Crippen LogP contribution in [0, 0.1) is 5.92 Å². The van der Waals surface area contributed by atoms with Crippen molar-refractivity contribution in [2.45, 2.75) is 38.0 Å².